The van der Waals surface area contributed by atoms with Gasteiger partial charge in [-0.15, -0.1) is 0 Å². The summed E-state index contributed by atoms with van der Waals surface area (Å²) in [5, 5.41) is 13.2. The second-order valence-corrected chi connectivity index (χ2v) is 8.55. The SMILES string of the molecule is CC(=O)N[C@@H](COC(C)=O)[C@H](O)[C@@H](CCCCCCCCCCC(C)C)OC(C)=O. The van der Waals surface area contributed by atoms with E-state index in [1.54, 1.807) is 0 Å². The summed E-state index contributed by atoms with van der Waals surface area (Å²) in [6, 6.07) is -0.832. The molecular formula is C23H43NO6. The number of hydrogen-bond acceptors (Lipinski definition) is 6. The molecule has 3 atom stereocenters. The van der Waals surface area contributed by atoms with Crippen molar-refractivity contribution in [1.29, 1.82) is 0 Å². The predicted molar refractivity (Wildman–Crippen MR) is 117 cm³/mol. The van der Waals surface area contributed by atoms with Gasteiger partial charge in [0.1, 0.15) is 18.8 Å². The van der Waals surface area contributed by atoms with E-state index in [0.29, 0.717) is 6.42 Å². The fraction of sp³-hybridized carbons (Fsp3) is 0.870. The lowest BCUT2D eigenvalue weighted by Gasteiger charge is -2.29. The lowest BCUT2D eigenvalue weighted by atomic mass is 9.99. The summed E-state index contributed by atoms with van der Waals surface area (Å²) in [5.74, 6) is -0.578. The fourth-order valence-corrected chi connectivity index (χ4v) is 3.42. The third kappa shape index (κ3) is 16.2. The molecule has 0 aliphatic carbocycles. The Labute approximate surface area is 182 Å². The van der Waals surface area contributed by atoms with Crippen molar-refractivity contribution in [1.82, 2.24) is 5.32 Å². The number of unbranched alkanes of at least 4 members (excludes halogenated alkanes) is 7. The van der Waals surface area contributed by atoms with Gasteiger partial charge in [0.15, 0.2) is 0 Å². The minimum absolute atomic E-state index is 0.176. The number of amides is 1. The van der Waals surface area contributed by atoms with Crippen molar-refractivity contribution in [3.63, 3.8) is 0 Å². The van der Waals surface area contributed by atoms with Crippen LogP contribution in [0, 0.1) is 5.92 Å². The summed E-state index contributed by atoms with van der Waals surface area (Å²) < 4.78 is 10.2. The Balaban J connectivity index is 4.36. The zero-order valence-electron chi connectivity index (χ0n) is 19.6. The van der Waals surface area contributed by atoms with Crippen molar-refractivity contribution in [3.8, 4) is 0 Å². The van der Waals surface area contributed by atoms with Crippen molar-refractivity contribution in [3.05, 3.63) is 0 Å². The number of esters is 2. The Bertz CT molecular complexity index is 494. The molecule has 0 unspecified atom stereocenters. The summed E-state index contributed by atoms with van der Waals surface area (Å²) in [5.41, 5.74) is 0. The number of nitrogens with one attached hydrogen (secondary N) is 1. The molecule has 0 rings (SSSR count). The molecular weight excluding hydrogens is 386 g/mol. The standard InChI is InChI=1S/C23H43NO6/c1-17(2)14-12-10-8-6-7-9-11-13-15-22(30-20(5)27)23(28)21(24-18(3)25)16-29-19(4)26/h17,21-23,28H,6-16H2,1-5H3,(H,24,25)/t21-,22+,23-/m0/s1. The number of rotatable bonds is 17. The van der Waals surface area contributed by atoms with Crippen LogP contribution in [0.5, 0.6) is 0 Å². The Morgan fingerprint density at radius 2 is 1.30 bits per heavy atom. The van der Waals surface area contributed by atoms with E-state index < -0.39 is 30.2 Å². The maximum atomic E-state index is 11.5. The predicted octanol–water partition coefficient (Wildman–Crippen LogP) is 3.90. The lowest BCUT2D eigenvalue weighted by molar-refractivity contribution is -0.157. The van der Waals surface area contributed by atoms with Crippen LogP contribution < -0.4 is 5.32 Å². The van der Waals surface area contributed by atoms with Gasteiger partial charge in [0.25, 0.3) is 0 Å². The maximum Gasteiger partial charge on any atom is 0.302 e. The summed E-state index contributed by atoms with van der Waals surface area (Å²) >= 11 is 0. The van der Waals surface area contributed by atoms with E-state index >= 15 is 0 Å². The fourth-order valence-electron chi connectivity index (χ4n) is 3.42. The second-order valence-electron chi connectivity index (χ2n) is 8.55. The summed E-state index contributed by atoms with van der Waals surface area (Å²) in [7, 11) is 0. The molecule has 30 heavy (non-hydrogen) atoms. The minimum atomic E-state index is -1.15. The topological polar surface area (TPSA) is 102 Å². The van der Waals surface area contributed by atoms with Gasteiger partial charge in [0.05, 0.1) is 6.04 Å². The van der Waals surface area contributed by atoms with E-state index in [1.807, 2.05) is 0 Å². The third-order valence-electron chi connectivity index (χ3n) is 4.99. The van der Waals surface area contributed by atoms with Crippen molar-refractivity contribution >= 4 is 17.8 Å². The van der Waals surface area contributed by atoms with Crippen LogP contribution in [0.4, 0.5) is 0 Å². The monoisotopic (exact) mass is 429 g/mol. The van der Waals surface area contributed by atoms with Gasteiger partial charge in [-0.25, -0.2) is 0 Å². The Morgan fingerprint density at radius 1 is 0.800 bits per heavy atom. The largest absolute Gasteiger partial charge is 0.464 e. The van der Waals surface area contributed by atoms with E-state index in [2.05, 4.69) is 19.2 Å². The molecule has 0 fully saturated rings. The Morgan fingerprint density at radius 3 is 1.73 bits per heavy atom. The van der Waals surface area contributed by atoms with Crippen molar-refractivity contribution in [2.45, 2.75) is 117 Å². The third-order valence-corrected chi connectivity index (χ3v) is 4.99. The van der Waals surface area contributed by atoms with Crippen molar-refractivity contribution in [2.75, 3.05) is 6.61 Å². The quantitative estimate of drug-likeness (QED) is 0.268. The first-order valence-corrected chi connectivity index (χ1v) is 11.4. The number of aliphatic hydroxyl groups excluding tert-OH is 1. The van der Waals surface area contributed by atoms with Gasteiger partial charge in [-0.05, 0) is 18.8 Å². The lowest BCUT2D eigenvalue weighted by Crippen LogP contribution is -2.51. The van der Waals surface area contributed by atoms with Gasteiger partial charge >= 0.3 is 11.9 Å². The Kier molecular flexibility index (Phi) is 16.2. The normalized spacial score (nSPS) is 14.1. The first-order chi connectivity index (χ1) is 14.1. The first kappa shape index (κ1) is 28.4. The molecule has 0 aromatic heterocycles. The molecule has 1 amide bonds. The molecule has 0 saturated carbocycles. The summed E-state index contributed by atoms with van der Waals surface area (Å²) in [4.78, 5) is 34.0. The first-order valence-electron chi connectivity index (χ1n) is 11.4. The molecule has 2 N–H and O–H groups in total. The molecule has 0 bridgehead atoms. The average molecular weight is 430 g/mol. The van der Waals surface area contributed by atoms with Crippen LogP contribution in [0.1, 0.15) is 98.8 Å². The van der Waals surface area contributed by atoms with Crippen molar-refractivity contribution < 1.29 is 29.0 Å². The van der Waals surface area contributed by atoms with Crippen LogP contribution in [-0.4, -0.2) is 47.8 Å². The zero-order valence-corrected chi connectivity index (χ0v) is 19.6. The van der Waals surface area contributed by atoms with Crippen LogP contribution in [-0.2, 0) is 23.9 Å². The summed E-state index contributed by atoms with van der Waals surface area (Å²) in [6.07, 6.45) is 9.09. The molecule has 0 aliphatic rings. The molecule has 0 aliphatic heterocycles. The van der Waals surface area contributed by atoms with Crippen molar-refractivity contribution in [2.24, 2.45) is 5.92 Å². The average Bonchev–Trinajstić information content (AvgIpc) is 2.64. The molecule has 7 nitrogen and oxygen atoms in total. The van der Waals surface area contributed by atoms with E-state index in [1.165, 1.54) is 59.3 Å². The number of carbonyl (C=O) groups is 3. The number of carbonyl (C=O) groups excluding carboxylic acids is 3. The highest BCUT2D eigenvalue weighted by Crippen LogP contribution is 2.17. The van der Waals surface area contributed by atoms with E-state index in [-0.39, 0.29) is 12.5 Å². The molecule has 7 heteroatoms. The highest BCUT2D eigenvalue weighted by molar-refractivity contribution is 5.73. The van der Waals surface area contributed by atoms with E-state index in [0.717, 1.165) is 25.2 Å². The maximum absolute atomic E-state index is 11.5. The van der Waals surface area contributed by atoms with Crippen LogP contribution >= 0.6 is 0 Å². The van der Waals surface area contributed by atoms with E-state index in [9.17, 15) is 19.5 Å². The second kappa shape index (κ2) is 17.1. The molecule has 0 radical (unpaired) electrons. The minimum Gasteiger partial charge on any atom is -0.464 e. The molecule has 0 heterocycles. The van der Waals surface area contributed by atoms with Gasteiger partial charge in [-0.1, -0.05) is 65.2 Å². The van der Waals surface area contributed by atoms with Crippen LogP contribution in [0.15, 0.2) is 0 Å². The van der Waals surface area contributed by atoms with Gasteiger partial charge in [0, 0.05) is 20.8 Å². The van der Waals surface area contributed by atoms with Gasteiger partial charge in [-0.3, -0.25) is 14.4 Å². The van der Waals surface area contributed by atoms with Gasteiger partial charge in [-0.2, -0.15) is 0 Å². The zero-order chi connectivity index (χ0) is 22.9. The number of hydrogen-bond donors (Lipinski definition) is 2. The molecule has 0 spiro atoms. The Hall–Kier alpha value is -1.63. The van der Waals surface area contributed by atoms with Crippen LogP contribution in [0.2, 0.25) is 0 Å². The highest BCUT2D eigenvalue weighted by atomic mass is 16.6. The van der Waals surface area contributed by atoms with Crippen LogP contribution in [0.25, 0.3) is 0 Å². The van der Waals surface area contributed by atoms with Crippen LogP contribution in [0.3, 0.4) is 0 Å². The molecule has 176 valence electrons. The number of aliphatic hydroxyl groups is 1. The molecule has 0 aromatic rings. The highest BCUT2D eigenvalue weighted by Gasteiger charge is 2.31. The van der Waals surface area contributed by atoms with E-state index in [4.69, 9.17) is 9.47 Å². The number of ether oxygens (including phenoxy) is 2. The van der Waals surface area contributed by atoms with Gasteiger partial charge in [0.2, 0.25) is 5.91 Å². The molecule has 0 saturated heterocycles. The summed E-state index contributed by atoms with van der Waals surface area (Å²) in [6.45, 7) is 8.20. The van der Waals surface area contributed by atoms with Gasteiger partial charge < -0.3 is 19.9 Å². The smallest absolute Gasteiger partial charge is 0.302 e. The molecule has 0 aromatic carbocycles.